The van der Waals surface area contributed by atoms with Crippen LogP contribution in [0.3, 0.4) is 0 Å². The first-order valence-electron chi connectivity index (χ1n) is 6.98. The van der Waals surface area contributed by atoms with E-state index >= 15 is 0 Å². The molecule has 0 heterocycles. The fourth-order valence-corrected chi connectivity index (χ4v) is 1.84. The van der Waals surface area contributed by atoms with Crippen LogP contribution in [0.15, 0.2) is 24.3 Å². The molecule has 0 radical (unpaired) electrons. The van der Waals surface area contributed by atoms with Gasteiger partial charge in [-0.2, -0.15) is 0 Å². The summed E-state index contributed by atoms with van der Waals surface area (Å²) >= 11 is 0. The third-order valence-corrected chi connectivity index (χ3v) is 3.15. The lowest BCUT2D eigenvalue weighted by atomic mass is 10.0. The highest BCUT2D eigenvalue weighted by Gasteiger charge is 2.11. The standard InChI is InChI=1S/C15H23N3O2/c1-3-11(10-16)9-14(19)18-13-7-5-12(6-8-13)15(20)17-4-2/h5-8,11H,3-4,9-10,16H2,1-2H3,(H,17,20)(H,18,19). The minimum Gasteiger partial charge on any atom is -0.352 e. The van der Waals surface area contributed by atoms with Gasteiger partial charge in [0, 0.05) is 24.2 Å². The van der Waals surface area contributed by atoms with Gasteiger partial charge in [0.15, 0.2) is 0 Å². The number of carbonyl (C=O) groups excluding carboxylic acids is 2. The minimum atomic E-state index is -0.112. The average molecular weight is 277 g/mol. The molecule has 0 aromatic heterocycles. The van der Waals surface area contributed by atoms with E-state index in [2.05, 4.69) is 10.6 Å². The molecule has 0 aliphatic heterocycles. The van der Waals surface area contributed by atoms with Crippen molar-refractivity contribution in [1.29, 1.82) is 0 Å². The molecule has 110 valence electrons. The predicted octanol–water partition coefficient (Wildman–Crippen LogP) is 1.75. The maximum Gasteiger partial charge on any atom is 0.251 e. The van der Waals surface area contributed by atoms with Gasteiger partial charge in [0.2, 0.25) is 5.91 Å². The Kier molecular flexibility index (Phi) is 6.73. The summed E-state index contributed by atoms with van der Waals surface area (Å²) in [5.74, 6) is 0.0530. The van der Waals surface area contributed by atoms with E-state index in [1.807, 2.05) is 13.8 Å². The first kappa shape index (κ1) is 16.2. The molecule has 0 saturated carbocycles. The molecule has 5 nitrogen and oxygen atoms in total. The lowest BCUT2D eigenvalue weighted by molar-refractivity contribution is -0.117. The molecule has 0 spiro atoms. The molecular formula is C15H23N3O2. The second-order valence-corrected chi connectivity index (χ2v) is 4.70. The van der Waals surface area contributed by atoms with Crippen LogP contribution in [0, 0.1) is 5.92 Å². The Morgan fingerprint density at radius 2 is 1.85 bits per heavy atom. The van der Waals surface area contributed by atoms with Crippen LogP contribution < -0.4 is 16.4 Å². The van der Waals surface area contributed by atoms with Crippen molar-refractivity contribution in [2.24, 2.45) is 11.7 Å². The van der Waals surface area contributed by atoms with E-state index in [0.717, 1.165) is 6.42 Å². The molecule has 0 aliphatic rings. The van der Waals surface area contributed by atoms with Gasteiger partial charge in [0.25, 0.3) is 5.91 Å². The zero-order valence-corrected chi connectivity index (χ0v) is 12.1. The molecule has 0 fully saturated rings. The van der Waals surface area contributed by atoms with Gasteiger partial charge in [-0.1, -0.05) is 13.3 Å². The number of carbonyl (C=O) groups is 2. The summed E-state index contributed by atoms with van der Waals surface area (Å²) in [6.45, 7) is 4.99. The Balaban J connectivity index is 2.57. The maximum absolute atomic E-state index is 11.8. The van der Waals surface area contributed by atoms with Gasteiger partial charge >= 0.3 is 0 Å². The quantitative estimate of drug-likeness (QED) is 0.710. The van der Waals surface area contributed by atoms with Crippen molar-refractivity contribution in [3.63, 3.8) is 0 Å². The number of nitrogens with one attached hydrogen (secondary N) is 2. The van der Waals surface area contributed by atoms with E-state index in [1.54, 1.807) is 24.3 Å². The van der Waals surface area contributed by atoms with E-state index in [1.165, 1.54) is 0 Å². The van der Waals surface area contributed by atoms with E-state index in [0.29, 0.717) is 30.8 Å². The first-order valence-corrected chi connectivity index (χ1v) is 6.98. The van der Waals surface area contributed by atoms with E-state index in [-0.39, 0.29) is 17.7 Å². The topological polar surface area (TPSA) is 84.2 Å². The van der Waals surface area contributed by atoms with Crippen LogP contribution in [0.25, 0.3) is 0 Å². The molecule has 5 heteroatoms. The van der Waals surface area contributed by atoms with Crippen LogP contribution in [0.5, 0.6) is 0 Å². The summed E-state index contributed by atoms with van der Waals surface area (Å²) in [6, 6.07) is 6.85. The minimum absolute atomic E-state index is 0.0481. The van der Waals surface area contributed by atoms with Crippen LogP contribution in [-0.4, -0.2) is 24.9 Å². The van der Waals surface area contributed by atoms with Crippen LogP contribution in [-0.2, 0) is 4.79 Å². The zero-order chi connectivity index (χ0) is 15.0. The Morgan fingerprint density at radius 1 is 1.20 bits per heavy atom. The van der Waals surface area contributed by atoms with Gasteiger partial charge in [-0.05, 0) is 43.7 Å². The summed E-state index contributed by atoms with van der Waals surface area (Å²) in [7, 11) is 0. The smallest absolute Gasteiger partial charge is 0.251 e. The molecule has 0 aliphatic carbocycles. The van der Waals surface area contributed by atoms with Crippen molar-refractivity contribution in [3.8, 4) is 0 Å². The molecule has 1 aromatic rings. The SMILES string of the molecule is CCNC(=O)c1ccc(NC(=O)CC(CC)CN)cc1. The van der Waals surface area contributed by atoms with Gasteiger partial charge in [0.05, 0.1) is 0 Å². The number of amides is 2. The monoisotopic (exact) mass is 277 g/mol. The fourth-order valence-electron chi connectivity index (χ4n) is 1.84. The second-order valence-electron chi connectivity index (χ2n) is 4.70. The number of hydrogen-bond acceptors (Lipinski definition) is 3. The zero-order valence-electron chi connectivity index (χ0n) is 12.1. The Morgan fingerprint density at radius 3 is 2.35 bits per heavy atom. The predicted molar refractivity (Wildman–Crippen MR) is 80.5 cm³/mol. The third kappa shape index (κ3) is 5.01. The van der Waals surface area contributed by atoms with Crippen molar-refractivity contribution in [2.45, 2.75) is 26.7 Å². The molecule has 1 unspecified atom stereocenters. The van der Waals surface area contributed by atoms with Crippen molar-refractivity contribution in [3.05, 3.63) is 29.8 Å². The van der Waals surface area contributed by atoms with Gasteiger partial charge in [-0.25, -0.2) is 0 Å². The highest BCUT2D eigenvalue weighted by atomic mass is 16.2. The van der Waals surface area contributed by atoms with E-state index in [9.17, 15) is 9.59 Å². The second kappa shape index (κ2) is 8.32. The Bertz CT molecular complexity index is 439. The number of rotatable bonds is 7. The van der Waals surface area contributed by atoms with Crippen LogP contribution in [0.4, 0.5) is 5.69 Å². The summed E-state index contributed by atoms with van der Waals surface area (Å²) in [5.41, 5.74) is 6.85. The molecule has 0 saturated heterocycles. The summed E-state index contributed by atoms with van der Waals surface area (Å²) in [4.78, 5) is 23.4. The number of hydrogen-bond donors (Lipinski definition) is 3. The third-order valence-electron chi connectivity index (χ3n) is 3.15. The molecule has 1 atom stereocenters. The fraction of sp³-hybridized carbons (Fsp3) is 0.467. The number of nitrogens with two attached hydrogens (primary N) is 1. The number of benzene rings is 1. The van der Waals surface area contributed by atoms with Gasteiger partial charge in [0.1, 0.15) is 0 Å². The van der Waals surface area contributed by atoms with Crippen molar-refractivity contribution < 1.29 is 9.59 Å². The van der Waals surface area contributed by atoms with Gasteiger partial charge < -0.3 is 16.4 Å². The van der Waals surface area contributed by atoms with Crippen LogP contribution in [0.2, 0.25) is 0 Å². The van der Waals surface area contributed by atoms with Crippen molar-refractivity contribution >= 4 is 17.5 Å². The molecule has 20 heavy (non-hydrogen) atoms. The maximum atomic E-state index is 11.8. The summed E-state index contributed by atoms with van der Waals surface area (Å²) in [5, 5.41) is 5.54. The highest BCUT2D eigenvalue weighted by molar-refractivity contribution is 5.95. The first-order chi connectivity index (χ1) is 9.60. The lowest BCUT2D eigenvalue weighted by Crippen LogP contribution is -2.23. The normalized spacial score (nSPS) is 11.8. The van der Waals surface area contributed by atoms with Gasteiger partial charge in [-0.15, -0.1) is 0 Å². The largest absolute Gasteiger partial charge is 0.352 e. The molecule has 1 rings (SSSR count). The van der Waals surface area contributed by atoms with E-state index < -0.39 is 0 Å². The summed E-state index contributed by atoms with van der Waals surface area (Å²) < 4.78 is 0. The van der Waals surface area contributed by atoms with Crippen molar-refractivity contribution in [1.82, 2.24) is 5.32 Å². The van der Waals surface area contributed by atoms with E-state index in [4.69, 9.17) is 5.73 Å². The highest BCUT2D eigenvalue weighted by Crippen LogP contribution is 2.12. The summed E-state index contributed by atoms with van der Waals surface area (Å²) in [6.07, 6.45) is 1.31. The molecular weight excluding hydrogens is 254 g/mol. The van der Waals surface area contributed by atoms with Crippen molar-refractivity contribution in [2.75, 3.05) is 18.4 Å². The van der Waals surface area contributed by atoms with Gasteiger partial charge in [-0.3, -0.25) is 9.59 Å². The van der Waals surface area contributed by atoms with Crippen LogP contribution in [0.1, 0.15) is 37.0 Å². The number of anilines is 1. The Labute approximate surface area is 119 Å². The molecule has 1 aromatic carbocycles. The average Bonchev–Trinajstić information content (AvgIpc) is 2.45. The van der Waals surface area contributed by atoms with Crippen LogP contribution >= 0.6 is 0 Å². The molecule has 0 bridgehead atoms. The Hall–Kier alpha value is -1.88. The molecule has 4 N–H and O–H groups in total. The lowest BCUT2D eigenvalue weighted by Gasteiger charge is -2.12. The molecule has 2 amide bonds.